The number of piperidine rings is 1. The number of alkyl halides is 5. The van der Waals surface area contributed by atoms with Gasteiger partial charge in [0, 0.05) is 49.8 Å². The predicted molar refractivity (Wildman–Crippen MR) is 135 cm³/mol. The van der Waals surface area contributed by atoms with E-state index < -0.39 is 35.4 Å². The monoisotopic (exact) mass is 561 g/mol. The highest BCUT2D eigenvalue weighted by atomic mass is 19.4. The van der Waals surface area contributed by atoms with Gasteiger partial charge in [-0.25, -0.2) is 8.78 Å². The van der Waals surface area contributed by atoms with E-state index in [1.54, 1.807) is 23.4 Å². The van der Waals surface area contributed by atoms with Crippen LogP contribution in [0, 0.1) is 0 Å². The fourth-order valence-electron chi connectivity index (χ4n) is 5.85. The van der Waals surface area contributed by atoms with Crippen molar-refractivity contribution < 1.29 is 31.5 Å². The maximum absolute atomic E-state index is 14.2. The number of hydrogen-bond acceptors (Lipinski definition) is 5. The minimum Gasteiger partial charge on any atom is -0.379 e. The van der Waals surface area contributed by atoms with E-state index in [1.807, 2.05) is 23.7 Å². The zero-order valence-electron chi connectivity index (χ0n) is 21.8. The lowest BCUT2D eigenvalue weighted by molar-refractivity contribution is -0.138. The second-order valence-electron chi connectivity index (χ2n) is 11.0. The summed E-state index contributed by atoms with van der Waals surface area (Å²) in [6.07, 6.45) is -5.79. The molecule has 0 spiro atoms. The fraction of sp³-hybridized carbons (Fsp3) is 0.464. The number of rotatable bonds is 6. The number of halogens is 5. The van der Waals surface area contributed by atoms with Gasteiger partial charge in [-0.2, -0.15) is 13.2 Å². The van der Waals surface area contributed by atoms with Gasteiger partial charge in [0.15, 0.2) is 0 Å². The van der Waals surface area contributed by atoms with Crippen LogP contribution >= 0.6 is 0 Å². The number of amides is 1. The molecule has 7 nitrogen and oxygen atoms in total. The van der Waals surface area contributed by atoms with Crippen LogP contribution in [0.5, 0.6) is 0 Å². The van der Waals surface area contributed by atoms with E-state index in [1.165, 1.54) is 11.0 Å². The van der Waals surface area contributed by atoms with Crippen molar-refractivity contribution in [3.05, 3.63) is 76.4 Å². The highest BCUT2D eigenvalue weighted by Gasteiger charge is 2.44. The number of ether oxygens (including phenoxy) is 1. The van der Waals surface area contributed by atoms with Crippen LogP contribution in [-0.2, 0) is 42.9 Å². The lowest BCUT2D eigenvalue weighted by Gasteiger charge is -2.42. The van der Waals surface area contributed by atoms with Gasteiger partial charge in [-0.05, 0) is 47.4 Å². The first kappa shape index (κ1) is 26.8. The number of hydrogen-bond donors (Lipinski definition) is 0. The Labute approximate surface area is 227 Å². The average molecular weight is 562 g/mol. The lowest BCUT2D eigenvalue weighted by atomic mass is 9.75. The lowest BCUT2D eigenvalue weighted by Crippen LogP contribution is -2.49. The molecule has 40 heavy (non-hydrogen) atoms. The Morgan fingerprint density at radius 2 is 1.93 bits per heavy atom. The third kappa shape index (κ3) is 4.77. The molecule has 0 saturated carbocycles. The molecule has 0 aliphatic carbocycles. The van der Waals surface area contributed by atoms with Crippen molar-refractivity contribution in [1.29, 1.82) is 0 Å². The van der Waals surface area contributed by atoms with E-state index in [2.05, 4.69) is 10.2 Å². The third-order valence-electron chi connectivity index (χ3n) is 8.19. The Balaban J connectivity index is 1.30. The van der Waals surface area contributed by atoms with E-state index in [9.17, 15) is 26.7 Å². The van der Waals surface area contributed by atoms with Gasteiger partial charge in [-0.1, -0.05) is 12.1 Å². The van der Waals surface area contributed by atoms with Crippen LogP contribution in [0.15, 0.2) is 42.7 Å². The molecule has 0 N–H and O–H groups in total. The van der Waals surface area contributed by atoms with Gasteiger partial charge in [0.25, 0.3) is 5.91 Å². The molecule has 4 heterocycles. The number of carbonyl (C=O) groups is 1. The number of nitrogens with zero attached hydrogens (tertiary/aromatic N) is 5. The molecule has 12 heteroatoms. The van der Waals surface area contributed by atoms with Gasteiger partial charge in [0.05, 0.1) is 25.3 Å². The molecule has 2 saturated heterocycles. The van der Waals surface area contributed by atoms with Crippen LogP contribution in [0.1, 0.15) is 44.9 Å². The molecule has 1 amide bonds. The maximum Gasteiger partial charge on any atom is 0.416 e. The molecule has 0 bridgehead atoms. The van der Waals surface area contributed by atoms with Crippen LogP contribution in [0.25, 0.3) is 0 Å². The number of anilines is 1. The van der Waals surface area contributed by atoms with E-state index in [-0.39, 0.29) is 49.3 Å². The number of aryl methyl sites for hydroxylation is 1. The standard InChI is InChI=1S/C28H28F5N5O2/c1-36-16-34-35-25(36)10-27(14-40-15-27)18-3-2-4-19(9-18)38-12-21-20(26(38)39)7-17(8-22(21)28(31,32)33)11-37-6-5-23(29)24(30)13-37/h2-4,7-9,16,23-24H,5-6,10-15H2,1H3/t23-,24+/m1/s1/i23+0,24+0. The molecule has 3 aromatic rings. The van der Waals surface area contributed by atoms with E-state index in [0.717, 1.165) is 17.5 Å². The SMILES string of the molecule is Cn1cnnc1CC1(c2cccc(N3Cc4c(cc(CN5CC[12C@@H](F)[12C@@H](F)C5)cc4C(F)(F)F)C3=O)c2)COC1. The van der Waals surface area contributed by atoms with E-state index in [0.29, 0.717) is 25.3 Å². The minimum absolute atomic E-state index is 0.00314. The van der Waals surface area contributed by atoms with Gasteiger partial charge in [-0.15, -0.1) is 10.2 Å². The number of benzene rings is 2. The highest BCUT2D eigenvalue weighted by Crippen LogP contribution is 2.42. The molecular formula is C28H28F5N5O2. The number of likely N-dealkylation sites (tertiary alicyclic amines) is 1. The van der Waals surface area contributed by atoms with Crippen LogP contribution in [0.4, 0.5) is 27.6 Å². The van der Waals surface area contributed by atoms with Crippen molar-refractivity contribution in [2.75, 3.05) is 31.2 Å². The maximum atomic E-state index is 14.2. The third-order valence-corrected chi connectivity index (χ3v) is 8.19. The Morgan fingerprint density at radius 1 is 1.12 bits per heavy atom. The highest BCUT2D eigenvalue weighted by molar-refractivity contribution is 6.10. The molecule has 3 aliphatic rings. The van der Waals surface area contributed by atoms with Crippen molar-refractivity contribution in [3.8, 4) is 0 Å². The smallest absolute Gasteiger partial charge is 0.379 e. The first-order valence-electron chi connectivity index (χ1n) is 13.1. The van der Waals surface area contributed by atoms with Crippen molar-refractivity contribution in [1.82, 2.24) is 19.7 Å². The first-order valence-corrected chi connectivity index (χ1v) is 13.1. The summed E-state index contributed by atoms with van der Waals surface area (Å²) in [6, 6.07) is 9.74. The Bertz CT molecular complexity index is 1440. The van der Waals surface area contributed by atoms with Gasteiger partial charge < -0.3 is 14.2 Å². The Hall–Kier alpha value is -3.38. The summed E-state index contributed by atoms with van der Waals surface area (Å²) < 4.78 is 77.4. The summed E-state index contributed by atoms with van der Waals surface area (Å²) in [4.78, 5) is 16.5. The number of aromatic nitrogens is 3. The quantitative estimate of drug-likeness (QED) is 0.418. The molecular weight excluding hydrogens is 533 g/mol. The van der Waals surface area contributed by atoms with Gasteiger partial charge >= 0.3 is 6.18 Å². The molecule has 2 aromatic carbocycles. The van der Waals surface area contributed by atoms with Crippen LogP contribution in [0.2, 0.25) is 0 Å². The second-order valence-corrected chi connectivity index (χ2v) is 11.0. The normalized spacial score (nSPS) is 22.9. The fourth-order valence-corrected chi connectivity index (χ4v) is 5.85. The number of carbonyl (C=O) groups excluding carboxylic acids is 1. The van der Waals surface area contributed by atoms with Crippen molar-refractivity contribution in [2.45, 2.75) is 49.9 Å². The molecule has 3 aliphatic heterocycles. The molecule has 2 fully saturated rings. The Kier molecular flexibility index (Phi) is 6.65. The first-order chi connectivity index (χ1) is 19.0. The van der Waals surface area contributed by atoms with E-state index >= 15 is 0 Å². The molecule has 0 radical (unpaired) electrons. The zero-order valence-corrected chi connectivity index (χ0v) is 21.8. The molecule has 1 aromatic heterocycles. The molecule has 6 rings (SSSR count). The van der Waals surface area contributed by atoms with E-state index in [4.69, 9.17) is 4.74 Å². The Morgan fingerprint density at radius 3 is 2.58 bits per heavy atom. The van der Waals surface area contributed by atoms with Gasteiger partial charge in [-0.3, -0.25) is 9.69 Å². The molecule has 2 atom stereocenters. The summed E-state index contributed by atoms with van der Waals surface area (Å²) in [5.41, 5.74) is 0.258. The topological polar surface area (TPSA) is 63.5 Å². The van der Waals surface area contributed by atoms with Crippen molar-refractivity contribution in [3.63, 3.8) is 0 Å². The van der Waals surface area contributed by atoms with Crippen molar-refractivity contribution >= 4 is 11.6 Å². The van der Waals surface area contributed by atoms with Crippen LogP contribution < -0.4 is 4.90 Å². The molecule has 0 unspecified atom stereocenters. The molecule has 212 valence electrons. The van der Waals surface area contributed by atoms with Crippen molar-refractivity contribution in [2.24, 2.45) is 7.05 Å². The summed E-state index contributed by atoms with van der Waals surface area (Å²) in [5, 5.41) is 8.12. The van der Waals surface area contributed by atoms with Crippen LogP contribution in [0.3, 0.4) is 0 Å². The second kappa shape index (κ2) is 9.91. The summed E-state index contributed by atoms with van der Waals surface area (Å²) >= 11 is 0. The average Bonchev–Trinajstić information content (AvgIpc) is 3.45. The van der Waals surface area contributed by atoms with Gasteiger partial charge in [0.2, 0.25) is 0 Å². The summed E-state index contributed by atoms with van der Waals surface area (Å²) in [5.74, 6) is 0.244. The van der Waals surface area contributed by atoms with Gasteiger partial charge in [0.1, 0.15) is 24.5 Å². The summed E-state index contributed by atoms with van der Waals surface area (Å²) in [6.45, 7) is 0.687. The largest absolute Gasteiger partial charge is 0.416 e. The number of fused-ring (bicyclic) bond motifs is 1. The predicted octanol–water partition coefficient (Wildman–Crippen LogP) is 4.39. The summed E-state index contributed by atoms with van der Waals surface area (Å²) in [7, 11) is 1.85. The zero-order chi connectivity index (χ0) is 28.2. The van der Waals surface area contributed by atoms with Crippen LogP contribution in [-0.4, -0.2) is 64.2 Å². The minimum atomic E-state index is -4.68.